The van der Waals surface area contributed by atoms with Crippen molar-refractivity contribution in [3.8, 4) is 0 Å². The van der Waals surface area contributed by atoms with Crippen LogP contribution in [0.2, 0.25) is 0 Å². The number of ketones is 1. The average Bonchev–Trinajstić information content (AvgIpc) is 3.65. The Balaban J connectivity index is 1.25. The van der Waals surface area contributed by atoms with E-state index in [1.54, 1.807) is 12.1 Å². The van der Waals surface area contributed by atoms with Crippen LogP contribution in [0.15, 0.2) is 48.5 Å². The molecule has 3 N–H and O–H groups in total. The normalized spacial score (nSPS) is 39.1. The van der Waals surface area contributed by atoms with E-state index in [-0.39, 0.29) is 42.5 Å². The summed E-state index contributed by atoms with van der Waals surface area (Å²) in [5.74, 6) is -2.08. The van der Waals surface area contributed by atoms with E-state index in [2.05, 4.69) is 10.2 Å². The van der Waals surface area contributed by atoms with E-state index in [9.17, 15) is 24.2 Å². The second-order valence-corrected chi connectivity index (χ2v) is 12.2. The van der Waals surface area contributed by atoms with Crippen molar-refractivity contribution in [3.05, 3.63) is 65.5 Å². The van der Waals surface area contributed by atoms with Gasteiger partial charge in [-0.05, 0) is 49.6 Å². The highest BCUT2D eigenvalue weighted by Gasteiger charge is 2.69. The number of ether oxygens (including phenoxy) is 3. The van der Waals surface area contributed by atoms with Gasteiger partial charge in [-0.15, -0.1) is 0 Å². The molecule has 4 saturated heterocycles. The van der Waals surface area contributed by atoms with Gasteiger partial charge in [0.15, 0.2) is 6.29 Å². The van der Waals surface area contributed by atoms with Crippen LogP contribution in [0, 0.1) is 11.7 Å². The third-order valence-electron chi connectivity index (χ3n) is 9.98. The molecule has 42 heavy (non-hydrogen) atoms. The Kier molecular flexibility index (Phi) is 7.19. The van der Waals surface area contributed by atoms with E-state index in [4.69, 9.17) is 14.2 Å². The van der Waals surface area contributed by atoms with Crippen molar-refractivity contribution in [1.82, 2.24) is 4.90 Å². The van der Waals surface area contributed by atoms with Crippen LogP contribution in [0.5, 0.6) is 0 Å². The van der Waals surface area contributed by atoms with E-state index in [1.165, 1.54) is 12.1 Å². The first-order valence-electron chi connectivity index (χ1n) is 15.1. The zero-order valence-corrected chi connectivity index (χ0v) is 23.5. The maximum Gasteiger partial charge on any atom is 0.250 e. The highest BCUT2D eigenvalue weighted by atomic mass is 19.1. The van der Waals surface area contributed by atoms with Crippen molar-refractivity contribution in [1.29, 1.82) is 0 Å². The summed E-state index contributed by atoms with van der Waals surface area (Å²) >= 11 is 0. The van der Waals surface area contributed by atoms with Gasteiger partial charge in [0.2, 0.25) is 5.91 Å². The third kappa shape index (κ3) is 4.18. The van der Waals surface area contributed by atoms with Gasteiger partial charge in [-0.2, -0.15) is 0 Å². The molecule has 7 rings (SSSR count). The van der Waals surface area contributed by atoms with Crippen LogP contribution in [-0.4, -0.2) is 82.8 Å². The number of aliphatic hydroxyl groups excluding tert-OH is 2. The molecule has 5 heterocycles. The molecule has 10 atom stereocenters. The number of carbonyl (C=O) groups excluding carboxylic acids is 2. The fraction of sp³-hybridized carbons (Fsp3) is 0.562. The Morgan fingerprint density at radius 1 is 1.12 bits per heavy atom. The molecule has 0 bridgehead atoms. The summed E-state index contributed by atoms with van der Waals surface area (Å²) in [6.07, 6.45) is -2.56. The van der Waals surface area contributed by atoms with Gasteiger partial charge in [0, 0.05) is 29.6 Å². The topological polar surface area (TPSA) is 118 Å². The van der Waals surface area contributed by atoms with Crippen molar-refractivity contribution in [2.24, 2.45) is 5.92 Å². The third-order valence-corrected chi connectivity index (χ3v) is 9.98. The number of anilines is 1. The molecule has 0 saturated carbocycles. The van der Waals surface area contributed by atoms with E-state index in [1.807, 2.05) is 31.2 Å². The monoisotopic (exact) mass is 580 g/mol. The number of aliphatic hydroxyl groups is 2. The predicted molar refractivity (Wildman–Crippen MR) is 149 cm³/mol. The zero-order chi connectivity index (χ0) is 29.2. The Hall–Kier alpha value is -2.73. The van der Waals surface area contributed by atoms with Crippen LogP contribution in [-0.2, 0) is 29.3 Å². The van der Waals surface area contributed by atoms with Crippen LogP contribution in [0.25, 0.3) is 0 Å². The van der Waals surface area contributed by atoms with Gasteiger partial charge < -0.3 is 29.7 Å². The summed E-state index contributed by atoms with van der Waals surface area (Å²) in [5, 5.41) is 25.2. The average molecular weight is 581 g/mol. The van der Waals surface area contributed by atoms with Crippen molar-refractivity contribution >= 4 is 17.4 Å². The molecule has 5 aliphatic heterocycles. The van der Waals surface area contributed by atoms with Crippen LogP contribution in [0.1, 0.15) is 56.1 Å². The standard InChI is InChI=1S/C32H37FN2O7/c1-2-6-25-40-16-24-30(42-25)29(38)28(37)23(41-24)15-22(36)27-26(17-10-12-18(33)13-11-17)21-9-5-14-35(21)32(27)19-7-3-4-8-20(19)34-31(32)39/h3-4,7-8,10-13,21,23-30,37-38H,2,5-6,9,14-16H2,1H3,(H,34,39)/t21?,23-,24+,25?,26?,27+,28-,29+,30+,32+/m0/s1. The molecule has 10 heteroatoms. The second-order valence-electron chi connectivity index (χ2n) is 12.2. The van der Waals surface area contributed by atoms with Gasteiger partial charge in [0.1, 0.15) is 41.6 Å². The quantitative estimate of drug-likeness (QED) is 0.478. The van der Waals surface area contributed by atoms with Crippen LogP contribution >= 0.6 is 0 Å². The molecule has 3 unspecified atom stereocenters. The first kappa shape index (κ1) is 28.1. The van der Waals surface area contributed by atoms with Crippen LogP contribution in [0.3, 0.4) is 0 Å². The number of amides is 1. The highest BCUT2D eigenvalue weighted by molar-refractivity contribution is 6.10. The molecule has 1 amide bonds. The summed E-state index contributed by atoms with van der Waals surface area (Å²) in [4.78, 5) is 30.9. The van der Waals surface area contributed by atoms with E-state index in [0.717, 1.165) is 30.4 Å². The van der Waals surface area contributed by atoms with Gasteiger partial charge in [-0.1, -0.05) is 43.7 Å². The lowest BCUT2D eigenvalue weighted by molar-refractivity contribution is -0.325. The molecule has 2 aromatic carbocycles. The summed E-state index contributed by atoms with van der Waals surface area (Å²) in [6, 6.07) is 13.6. The molecule has 0 aliphatic carbocycles. The SMILES string of the molecule is CCCC1OC[C@H]2O[C@@H](CC(=O)[C@@H]3C(c4ccc(F)cc4)C4CCCN4[C@@]34C(=O)Nc3ccccc34)[C@H](O)[C@@H](O)[C@@H]2O1. The Bertz CT molecular complexity index is 1350. The number of carbonyl (C=O) groups is 2. The van der Waals surface area contributed by atoms with Gasteiger partial charge in [0.05, 0.1) is 18.6 Å². The summed E-state index contributed by atoms with van der Waals surface area (Å²) in [5.41, 5.74) is 0.975. The van der Waals surface area contributed by atoms with Crippen molar-refractivity contribution in [3.63, 3.8) is 0 Å². The molecular weight excluding hydrogens is 543 g/mol. The molecule has 0 aromatic heterocycles. The van der Waals surface area contributed by atoms with E-state index in [0.29, 0.717) is 18.7 Å². The van der Waals surface area contributed by atoms with Gasteiger partial charge in [-0.3, -0.25) is 14.5 Å². The maximum atomic E-state index is 14.6. The Morgan fingerprint density at radius 2 is 1.90 bits per heavy atom. The van der Waals surface area contributed by atoms with Crippen LogP contribution < -0.4 is 5.32 Å². The second kappa shape index (κ2) is 10.8. The number of hydrogen-bond acceptors (Lipinski definition) is 8. The van der Waals surface area contributed by atoms with Crippen molar-refractivity contribution in [2.75, 3.05) is 18.5 Å². The summed E-state index contributed by atoms with van der Waals surface area (Å²) < 4.78 is 31.9. The smallest absolute Gasteiger partial charge is 0.250 e. The predicted octanol–water partition coefficient (Wildman–Crippen LogP) is 2.84. The number of para-hydroxylation sites is 1. The number of halogens is 1. The first-order valence-corrected chi connectivity index (χ1v) is 15.1. The van der Waals surface area contributed by atoms with Gasteiger partial charge in [-0.25, -0.2) is 4.39 Å². The minimum atomic E-state index is -1.36. The molecule has 4 fully saturated rings. The Labute approximate surface area is 243 Å². The number of rotatable bonds is 6. The number of hydrogen-bond donors (Lipinski definition) is 3. The largest absolute Gasteiger partial charge is 0.388 e. The fourth-order valence-electron chi connectivity index (χ4n) is 8.27. The van der Waals surface area contributed by atoms with Gasteiger partial charge >= 0.3 is 0 Å². The van der Waals surface area contributed by atoms with Crippen molar-refractivity contribution in [2.45, 2.75) is 93.3 Å². The molecule has 224 valence electrons. The minimum absolute atomic E-state index is 0.107. The number of benzene rings is 2. The van der Waals surface area contributed by atoms with E-state index < -0.39 is 48.3 Å². The zero-order valence-electron chi connectivity index (χ0n) is 23.5. The molecule has 5 aliphatic rings. The molecular formula is C32H37FN2O7. The lowest BCUT2D eigenvalue weighted by Crippen LogP contribution is -2.63. The lowest BCUT2D eigenvalue weighted by Gasteiger charge is -2.47. The number of Topliss-reactive ketones (excluding diaryl/α,β-unsaturated/α-hetero) is 1. The first-order chi connectivity index (χ1) is 20.3. The van der Waals surface area contributed by atoms with Gasteiger partial charge in [0.25, 0.3) is 0 Å². The minimum Gasteiger partial charge on any atom is -0.388 e. The van der Waals surface area contributed by atoms with E-state index >= 15 is 0 Å². The van der Waals surface area contributed by atoms with Crippen LogP contribution in [0.4, 0.5) is 10.1 Å². The highest BCUT2D eigenvalue weighted by Crippen LogP contribution is 2.61. The molecule has 9 nitrogen and oxygen atoms in total. The molecule has 0 radical (unpaired) electrons. The number of fused-ring (bicyclic) bond motifs is 5. The lowest BCUT2D eigenvalue weighted by atomic mass is 9.69. The fourth-order valence-corrected chi connectivity index (χ4v) is 8.27. The molecule has 2 aromatic rings. The Morgan fingerprint density at radius 3 is 2.69 bits per heavy atom. The van der Waals surface area contributed by atoms with Crippen molar-refractivity contribution < 1.29 is 38.4 Å². The summed E-state index contributed by atoms with van der Waals surface area (Å²) in [7, 11) is 0. The molecule has 1 spiro atoms. The summed E-state index contributed by atoms with van der Waals surface area (Å²) in [6.45, 7) is 2.83. The number of nitrogens with one attached hydrogen (secondary N) is 1. The number of nitrogens with zero attached hydrogens (tertiary/aromatic N) is 1. The maximum absolute atomic E-state index is 14.6.